The van der Waals surface area contributed by atoms with Crippen molar-refractivity contribution in [2.75, 3.05) is 7.11 Å². The molecule has 0 saturated heterocycles. The first kappa shape index (κ1) is 21.7. The van der Waals surface area contributed by atoms with E-state index in [1.165, 1.54) is 13.2 Å². The Hall–Kier alpha value is -2.97. The Balaban J connectivity index is 1.83. The zero-order valence-electron chi connectivity index (χ0n) is 16.5. The van der Waals surface area contributed by atoms with E-state index >= 15 is 0 Å². The molecule has 0 aliphatic rings. The molecule has 1 aromatic heterocycles. The van der Waals surface area contributed by atoms with E-state index in [1.807, 2.05) is 13.8 Å². The summed E-state index contributed by atoms with van der Waals surface area (Å²) in [5.74, 6) is 0.247. The molecule has 30 heavy (non-hydrogen) atoms. The number of nitrogens with zero attached hydrogens (tertiary/aromatic N) is 2. The molecule has 0 amide bonds. The van der Waals surface area contributed by atoms with Crippen molar-refractivity contribution in [2.24, 2.45) is 0 Å². The highest BCUT2D eigenvalue weighted by Crippen LogP contribution is 2.33. The molecule has 0 unspecified atom stereocenters. The molecule has 0 aliphatic carbocycles. The van der Waals surface area contributed by atoms with Crippen LogP contribution in [0.5, 0.6) is 11.5 Å². The van der Waals surface area contributed by atoms with Crippen LogP contribution in [0, 0.1) is 0 Å². The van der Waals surface area contributed by atoms with Crippen molar-refractivity contribution in [1.29, 1.82) is 0 Å². The molecule has 3 rings (SSSR count). The number of hydrogen-bond acceptors (Lipinski definition) is 7. The molecule has 0 radical (unpaired) electrons. The van der Waals surface area contributed by atoms with Gasteiger partial charge in [0.2, 0.25) is 5.89 Å². The van der Waals surface area contributed by atoms with Crippen molar-refractivity contribution in [1.82, 2.24) is 10.2 Å². The summed E-state index contributed by atoms with van der Waals surface area (Å²) in [5.41, 5.74) is 1.32. The van der Waals surface area contributed by atoms with Gasteiger partial charge in [-0.25, -0.2) is 4.79 Å². The summed E-state index contributed by atoms with van der Waals surface area (Å²) in [5, 5.41) is 18.2. The van der Waals surface area contributed by atoms with Gasteiger partial charge in [0.15, 0.2) is 11.5 Å². The largest absolute Gasteiger partial charge is 0.493 e. The first-order valence-corrected chi connectivity index (χ1v) is 10.1. The number of thioether (sulfide) groups is 1. The van der Waals surface area contributed by atoms with Crippen LogP contribution in [-0.2, 0) is 4.79 Å². The molecule has 0 saturated carbocycles. The number of carbonyl (C=O) groups is 1. The highest BCUT2D eigenvalue weighted by atomic mass is 35.5. The van der Waals surface area contributed by atoms with Crippen LogP contribution in [0.25, 0.3) is 17.5 Å². The van der Waals surface area contributed by atoms with Gasteiger partial charge in [0.1, 0.15) is 4.91 Å². The Morgan fingerprint density at radius 3 is 2.53 bits per heavy atom. The first-order chi connectivity index (χ1) is 14.4. The predicted molar refractivity (Wildman–Crippen MR) is 115 cm³/mol. The fourth-order valence-corrected chi connectivity index (χ4v) is 3.26. The topological polar surface area (TPSA) is 94.7 Å². The van der Waals surface area contributed by atoms with Gasteiger partial charge in [-0.1, -0.05) is 17.7 Å². The fourth-order valence-electron chi connectivity index (χ4n) is 2.47. The average Bonchev–Trinajstić information content (AvgIpc) is 3.17. The number of aliphatic carboxylic acids is 1. The van der Waals surface area contributed by atoms with E-state index in [-0.39, 0.29) is 22.1 Å². The summed E-state index contributed by atoms with van der Waals surface area (Å²) < 4.78 is 16.6. The van der Waals surface area contributed by atoms with E-state index in [2.05, 4.69) is 10.2 Å². The Morgan fingerprint density at radius 2 is 1.90 bits per heavy atom. The number of rotatable bonds is 8. The Labute approximate surface area is 182 Å². The van der Waals surface area contributed by atoms with Crippen LogP contribution in [0.15, 0.2) is 57.0 Å². The van der Waals surface area contributed by atoms with Crippen LogP contribution < -0.4 is 9.47 Å². The quantitative estimate of drug-likeness (QED) is 0.363. The van der Waals surface area contributed by atoms with Crippen molar-refractivity contribution in [3.05, 3.63) is 58.0 Å². The number of aromatic nitrogens is 2. The van der Waals surface area contributed by atoms with Crippen LogP contribution in [0.3, 0.4) is 0 Å². The maximum absolute atomic E-state index is 11.7. The van der Waals surface area contributed by atoms with Crippen molar-refractivity contribution in [3.8, 4) is 23.0 Å². The van der Waals surface area contributed by atoms with Gasteiger partial charge in [0, 0.05) is 10.6 Å². The second kappa shape index (κ2) is 9.69. The molecule has 156 valence electrons. The smallest absolute Gasteiger partial charge is 0.342 e. The van der Waals surface area contributed by atoms with Gasteiger partial charge in [-0.2, -0.15) is 0 Å². The van der Waals surface area contributed by atoms with Crippen molar-refractivity contribution in [3.63, 3.8) is 0 Å². The van der Waals surface area contributed by atoms with Gasteiger partial charge in [-0.05, 0) is 73.6 Å². The number of hydrogen-bond donors (Lipinski definition) is 1. The lowest BCUT2D eigenvalue weighted by atomic mass is 10.2. The molecule has 0 bridgehead atoms. The van der Waals surface area contributed by atoms with E-state index < -0.39 is 5.97 Å². The molecule has 0 fully saturated rings. The summed E-state index contributed by atoms with van der Waals surface area (Å²) in [4.78, 5) is 11.8. The van der Waals surface area contributed by atoms with E-state index in [0.29, 0.717) is 27.6 Å². The molecular formula is C21H19ClN2O5S. The maximum atomic E-state index is 11.7. The minimum atomic E-state index is -1.12. The van der Waals surface area contributed by atoms with E-state index in [0.717, 1.165) is 11.8 Å². The molecule has 1 N–H and O–H groups in total. The minimum absolute atomic E-state index is 0.0147. The lowest BCUT2D eigenvalue weighted by Gasteiger charge is -2.13. The third-order valence-electron chi connectivity index (χ3n) is 3.75. The molecule has 9 heteroatoms. The zero-order valence-corrected chi connectivity index (χ0v) is 18.0. The maximum Gasteiger partial charge on any atom is 0.342 e. The third-order valence-corrected chi connectivity index (χ3v) is 4.86. The van der Waals surface area contributed by atoms with Crippen LogP contribution >= 0.6 is 23.4 Å². The second-order valence-electron chi connectivity index (χ2n) is 6.37. The van der Waals surface area contributed by atoms with Crippen molar-refractivity contribution < 1.29 is 23.8 Å². The highest BCUT2D eigenvalue weighted by molar-refractivity contribution is 8.03. The molecular weight excluding hydrogens is 428 g/mol. The molecule has 7 nitrogen and oxygen atoms in total. The fraction of sp³-hybridized carbons (Fsp3) is 0.190. The Bertz CT molecular complexity index is 1060. The van der Waals surface area contributed by atoms with Gasteiger partial charge in [0.25, 0.3) is 5.22 Å². The number of benzene rings is 2. The van der Waals surface area contributed by atoms with Crippen LogP contribution in [0.2, 0.25) is 5.02 Å². The normalized spacial score (nSPS) is 11.6. The standard InChI is InChI=1S/C21H19ClN2O5S/c1-12(2)28-16-9-4-13(10-17(16)27-3)11-18(20(25)26)30-21-24-23-19(29-21)14-5-7-15(22)8-6-14/h4-12H,1-3H3,(H,25,26)/b18-11-. The van der Waals surface area contributed by atoms with Crippen molar-refractivity contribution in [2.45, 2.75) is 25.2 Å². The summed E-state index contributed by atoms with van der Waals surface area (Å²) in [6, 6.07) is 12.1. The van der Waals surface area contributed by atoms with E-state index in [1.54, 1.807) is 42.5 Å². The molecule has 0 spiro atoms. The average molecular weight is 447 g/mol. The van der Waals surface area contributed by atoms with Crippen molar-refractivity contribution >= 4 is 35.4 Å². The first-order valence-electron chi connectivity index (χ1n) is 8.92. The SMILES string of the molecule is COc1cc(/C=C(\Sc2nnc(-c3ccc(Cl)cc3)o2)C(=O)O)ccc1OC(C)C. The molecule has 0 atom stereocenters. The summed E-state index contributed by atoms with van der Waals surface area (Å²) in [6.07, 6.45) is 1.48. The van der Waals surface area contributed by atoms with E-state index in [4.69, 9.17) is 25.5 Å². The molecule has 3 aromatic rings. The van der Waals surface area contributed by atoms with E-state index in [9.17, 15) is 9.90 Å². The van der Waals surface area contributed by atoms with Gasteiger partial charge in [-0.3, -0.25) is 0 Å². The van der Waals surface area contributed by atoms with Crippen LogP contribution in [0.1, 0.15) is 19.4 Å². The summed E-state index contributed by atoms with van der Waals surface area (Å²) >= 11 is 6.74. The summed E-state index contributed by atoms with van der Waals surface area (Å²) in [6.45, 7) is 3.82. The van der Waals surface area contributed by atoms with Gasteiger partial charge < -0.3 is 19.0 Å². The Kier molecular flexibility index (Phi) is 7.02. The summed E-state index contributed by atoms with van der Waals surface area (Å²) in [7, 11) is 1.53. The molecule has 0 aliphatic heterocycles. The lowest BCUT2D eigenvalue weighted by molar-refractivity contribution is -0.131. The number of methoxy groups -OCH3 is 1. The number of ether oxygens (including phenoxy) is 2. The van der Waals surface area contributed by atoms with Gasteiger partial charge in [-0.15, -0.1) is 10.2 Å². The third kappa shape index (κ3) is 5.55. The second-order valence-corrected chi connectivity index (χ2v) is 7.80. The molecule has 2 aromatic carbocycles. The van der Waals surface area contributed by atoms with Gasteiger partial charge in [0.05, 0.1) is 13.2 Å². The van der Waals surface area contributed by atoms with Gasteiger partial charge >= 0.3 is 5.97 Å². The number of halogens is 1. The number of carboxylic acids is 1. The number of carboxylic acid groups (broad SMARTS) is 1. The Morgan fingerprint density at radius 1 is 1.17 bits per heavy atom. The minimum Gasteiger partial charge on any atom is -0.493 e. The highest BCUT2D eigenvalue weighted by Gasteiger charge is 2.17. The van der Waals surface area contributed by atoms with Crippen LogP contribution in [0.4, 0.5) is 0 Å². The zero-order chi connectivity index (χ0) is 21.7. The lowest BCUT2D eigenvalue weighted by Crippen LogP contribution is -2.06. The molecule has 1 heterocycles. The van der Waals surface area contributed by atoms with Crippen LogP contribution in [-0.4, -0.2) is 34.5 Å². The predicted octanol–water partition coefficient (Wildman–Crippen LogP) is 5.40. The monoisotopic (exact) mass is 446 g/mol.